The maximum Gasteiger partial charge on any atom is 0.191 e. The molecule has 0 aliphatic heterocycles. The first-order chi connectivity index (χ1) is 13.4. The molecule has 0 aliphatic carbocycles. The molecule has 3 aromatic rings. The van der Waals surface area contributed by atoms with Gasteiger partial charge in [-0.05, 0) is 80.4 Å². The Balaban J connectivity index is 1.64. The zero-order valence-electron chi connectivity index (χ0n) is 16.8. The van der Waals surface area contributed by atoms with Gasteiger partial charge < -0.3 is 9.88 Å². The largest absolute Gasteiger partial charge is 0.342 e. The average molecular weight is 391 g/mol. The van der Waals surface area contributed by atoms with Crippen molar-refractivity contribution in [1.82, 2.24) is 9.99 Å². The number of hydrazone groups is 1. The third-order valence-corrected chi connectivity index (χ3v) is 4.91. The number of hydrogen-bond donors (Lipinski definition) is 2. The highest BCUT2D eigenvalue weighted by Crippen LogP contribution is 2.16. The second-order valence-electron chi connectivity index (χ2n) is 7.13. The van der Waals surface area contributed by atoms with Crippen molar-refractivity contribution < 1.29 is 0 Å². The molecule has 0 bridgehead atoms. The summed E-state index contributed by atoms with van der Waals surface area (Å²) in [5.74, 6) is 0. The Morgan fingerprint density at radius 1 is 1.00 bits per heavy atom. The molecule has 144 valence electrons. The van der Waals surface area contributed by atoms with Gasteiger partial charge in [-0.2, -0.15) is 5.10 Å². The molecule has 28 heavy (non-hydrogen) atoms. The average Bonchev–Trinajstić information content (AvgIpc) is 3.08. The van der Waals surface area contributed by atoms with Crippen LogP contribution < -0.4 is 10.7 Å². The van der Waals surface area contributed by atoms with Crippen LogP contribution in [-0.4, -0.2) is 15.9 Å². The predicted molar refractivity (Wildman–Crippen MR) is 122 cm³/mol. The van der Waals surface area contributed by atoms with Gasteiger partial charge in [0.15, 0.2) is 5.11 Å². The molecular formula is C23H26N4S. The third-order valence-electron chi connectivity index (χ3n) is 4.71. The molecule has 3 rings (SSSR count). The molecule has 0 spiro atoms. The molecule has 0 saturated heterocycles. The first-order valence-electron chi connectivity index (χ1n) is 9.31. The molecule has 0 saturated carbocycles. The minimum atomic E-state index is 0.470. The van der Waals surface area contributed by atoms with Gasteiger partial charge >= 0.3 is 0 Å². The SMILES string of the molecule is Cc1ccc(C)c(Cn2cccc2C=NNC(=S)Nc2cc(C)ccc2C)c1. The molecule has 2 N–H and O–H groups in total. The maximum absolute atomic E-state index is 5.36. The van der Waals surface area contributed by atoms with Crippen LogP contribution in [0.15, 0.2) is 59.8 Å². The van der Waals surface area contributed by atoms with Gasteiger partial charge in [-0.25, -0.2) is 0 Å². The van der Waals surface area contributed by atoms with Crippen LogP contribution in [0.2, 0.25) is 0 Å². The van der Waals surface area contributed by atoms with E-state index >= 15 is 0 Å². The molecule has 0 aliphatic rings. The summed E-state index contributed by atoms with van der Waals surface area (Å²) < 4.78 is 2.17. The van der Waals surface area contributed by atoms with Gasteiger partial charge in [0.1, 0.15) is 0 Å². The van der Waals surface area contributed by atoms with Gasteiger partial charge in [0.25, 0.3) is 0 Å². The van der Waals surface area contributed by atoms with Crippen LogP contribution in [0.4, 0.5) is 5.69 Å². The lowest BCUT2D eigenvalue weighted by Gasteiger charge is -2.11. The highest BCUT2D eigenvalue weighted by atomic mass is 32.1. The summed E-state index contributed by atoms with van der Waals surface area (Å²) in [6.07, 6.45) is 3.86. The number of aromatic nitrogens is 1. The molecule has 1 aromatic heterocycles. The Hall–Kier alpha value is -2.92. The minimum absolute atomic E-state index is 0.470. The van der Waals surface area contributed by atoms with E-state index in [1.165, 1.54) is 22.3 Å². The lowest BCUT2D eigenvalue weighted by molar-refractivity contribution is 0.793. The summed E-state index contributed by atoms with van der Waals surface area (Å²) in [7, 11) is 0. The minimum Gasteiger partial charge on any atom is -0.342 e. The van der Waals surface area contributed by atoms with Crippen molar-refractivity contribution >= 4 is 29.2 Å². The maximum atomic E-state index is 5.36. The Morgan fingerprint density at radius 2 is 1.71 bits per heavy atom. The molecule has 0 atom stereocenters. The van der Waals surface area contributed by atoms with Crippen molar-refractivity contribution in [3.63, 3.8) is 0 Å². The van der Waals surface area contributed by atoms with Crippen molar-refractivity contribution in [3.05, 3.63) is 88.2 Å². The number of hydrogen-bond acceptors (Lipinski definition) is 2. The smallest absolute Gasteiger partial charge is 0.191 e. The molecule has 0 radical (unpaired) electrons. The fraction of sp³-hybridized carbons (Fsp3) is 0.217. The summed E-state index contributed by atoms with van der Waals surface area (Å²) >= 11 is 5.36. The second kappa shape index (κ2) is 8.85. The van der Waals surface area contributed by atoms with E-state index in [1.807, 2.05) is 19.1 Å². The van der Waals surface area contributed by atoms with E-state index < -0.39 is 0 Å². The topological polar surface area (TPSA) is 41.4 Å². The standard InChI is InChI=1S/C23H26N4S/c1-16-7-9-18(3)20(12-16)15-27-11-5-6-21(27)14-24-26-23(28)25-22-13-17(2)8-10-19(22)4/h5-14H,15H2,1-4H3,(H2,25,26,28). The molecule has 0 unspecified atom stereocenters. The number of anilines is 1. The zero-order chi connectivity index (χ0) is 20.1. The van der Waals surface area contributed by atoms with Crippen LogP contribution in [0.3, 0.4) is 0 Å². The lowest BCUT2D eigenvalue weighted by atomic mass is 10.1. The van der Waals surface area contributed by atoms with Gasteiger partial charge in [0.05, 0.1) is 11.9 Å². The van der Waals surface area contributed by atoms with Crippen LogP contribution >= 0.6 is 12.2 Å². The van der Waals surface area contributed by atoms with Crippen molar-refractivity contribution in [2.45, 2.75) is 34.2 Å². The zero-order valence-corrected chi connectivity index (χ0v) is 17.6. The second-order valence-corrected chi connectivity index (χ2v) is 7.54. The molecule has 4 nitrogen and oxygen atoms in total. The predicted octanol–water partition coefficient (Wildman–Crippen LogP) is 5.09. The number of aryl methyl sites for hydroxylation is 4. The Labute approximate surface area is 172 Å². The van der Waals surface area contributed by atoms with Crippen LogP contribution in [-0.2, 0) is 6.54 Å². The van der Waals surface area contributed by atoms with E-state index in [-0.39, 0.29) is 0 Å². The normalized spacial score (nSPS) is 11.0. The van der Waals surface area contributed by atoms with E-state index in [4.69, 9.17) is 12.2 Å². The molecule has 1 heterocycles. The van der Waals surface area contributed by atoms with Gasteiger partial charge in [-0.1, -0.05) is 35.9 Å². The van der Waals surface area contributed by atoms with Crippen LogP contribution in [0.1, 0.15) is 33.5 Å². The monoisotopic (exact) mass is 390 g/mol. The van der Waals surface area contributed by atoms with Crippen molar-refractivity contribution in [2.75, 3.05) is 5.32 Å². The number of nitrogens with one attached hydrogen (secondary N) is 2. The van der Waals surface area contributed by atoms with Gasteiger partial charge in [-0.15, -0.1) is 0 Å². The quantitative estimate of drug-likeness (QED) is 0.362. The summed E-state index contributed by atoms with van der Waals surface area (Å²) in [5.41, 5.74) is 11.1. The summed E-state index contributed by atoms with van der Waals surface area (Å²) in [6.45, 7) is 9.18. The molecule has 0 amide bonds. The number of rotatable bonds is 5. The Kier molecular flexibility index (Phi) is 6.26. The highest BCUT2D eigenvalue weighted by molar-refractivity contribution is 7.80. The number of nitrogens with zero attached hydrogens (tertiary/aromatic N) is 2. The van der Waals surface area contributed by atoms with Gasteiger partial charge in [0, 0.05) is 18.4 Å². The summed E-state index contributed by atoms with van der Waals surface area (Å²) in [6, 6.07) is 16.8. The van der Waals surface area contributed by atoms with Crippen molar-refractivity contribution in [1.29, 1.82) is 0 Å². The van der Waals surface area contributed by atoms with Gasteiger partial charge in [0.2, 0.25) is 0 Å². The fourth-order valence-electron chi connectivity index (χ4n) is 3.02. The molecule has 0 fully saturated rings. The Morgan fingerprint density at radius 3 is 2.50 bits per heavy atom. The lowest BCUT2D eigenvalue weighted by Crippen LogP contribution is -2.24. The third kappa shape index (κ3) is 5.08. The molecule has 5 heteroatoms. The fourth-order valence-corrected chi connectivity index (χ4v) is 3.18. The Bertz CT molecular complexity index is 1020. The highest BCUT2D eigenvalue weighted by Gasteiger charge is 2.04. The number of thiocarbonyl (C=S) groups is 1. The van der Waals surface area contributed by atoms with Crippen molar-refractivity contribution in [2.24, 2.45) is 5.10 Å². The van der Waals surface area contributed by atoms with E-state index in [2.05, 4.69) is 83.8 Å². The van der Waals surface area contributed by atoms with Crippen LogP contribution in [0.5, 0.6) is 0 Å². The number of benzene rings is 2. The van der Waals surface area contributed by atoms with E-state index in [0.29, 0.717) is 5.11 Å². The first kappa shape index (κ1) is 19.8. The van der Waals surface area contributed by atoms with E-state index in [9.17, 15) is 0 Å². The first-order valence-corrected chi connectivity index (χ1v) is 9.72. The van der Waals surface area contributed by atoms with Crippen LogP contribution in [0, 0.1) is 27.7 Å². The van der Waals surface area contributed by atoms with E-state index in [0.717, 1.165) is 23.5 Å². The van der Waals surface area contributed by atoms with Crippen LogP contribution in [0.25, 0.3) is 0 Å². The van der Waals surface area contributed by atoms with Gasteiger partial charge in [-0.3, -0.25) is 5.43 Å². The summed E-state index contributed by atoms with van der Waals surface area (Å²) in [5, 5.41) is 7.97. The van der Waals surface area contributed by atoms with E-state index in [1.54, 1.807) is 6.21 Å². The molecule has 2 aromatic carbocycles. The molecular weight excluding hydrogens is 364 g/mol. The van der Waals surface area contributed by atoms with Crippen molar-refractivity contribution in [3.8, 4) is 0 Å². The summed E-state index contributed by atoms with van der Waals surface area (Å²) in [4.78, 5) is 0.